The standard InChI is InChI=1S/C26H40ClFO/c1-2-3-4-6-20-8-12-22(13-9-20)23-14-10-21(11-15-23)7-5-18-29-24-16-17-25(27)26(28)19-24/h16-17,19-23H,2-15,18H2,1H3. The minimum atomic E-state index is -0.405. The molecular weight excluding hydrogens is 383 g/mol. The zero-order valence-electron chi connectivity index (χ0n) is 18.3. The lowest BCUT2D eigenvalue weighted by molar-refractivity contribution is 0.138. The molecule has 0 radical (unpaired) electrons. The minimum absolute atomic E-state index is 0.152. The molecule has 0 saturated heterocycles. The summed E-state index contributed by atoms with van der Waals surface area (Å²) in [4.78, 5) is 0. The molecule has 3 heteroatoms. The van der Waals surface area contributed by atoms with E-state index in [1.807, 2.05) is 0 Å². The normalized spacial score (nSPS) is 27.7. The van der Waals surface area contributed by atoms with E-state index >= 15 is 0 Å². The molecule has 0 aromatic heterocycles. The molecule has 0 N–H and O–H groups in total. The number of ether oxygens (including phenoxy) is 1. The number of hydrogen-bond donors (Lipinski definition) is 0. The van der Waals surface area contributed by atoms with Gasteiger partial charge in [-0.25, -0.2) is 4.39 Å². The third kappa shape index (κ3) is 7.46. The lowest BCUT2D eigenvalue weighted by Gasteiger charge is -2.38. The second-order valence-corrected chi connectivity index (χ2v) is 10.0. The van der Waals surface area contributed by atoms with Crippen LogP contribution in [0.5, 0.6) is 5.75 Å². The van der Waals surface area contributed by atoms with Gasteiger partial charge in [-0.2, -0.15) is 0 Å². The Morgan fingerprint density at radius 1 is 0.862 bits per heavy atom. The summed E-state index contributed by atoms with van der Waals surface area (Å²) < 4.78 is 19.1. The third-order valence-electron chi connectivity index (χ3n) is 7.58. The quantitative estimate of drug-likeness (QED) is 0.342. The number of rotatable bonds is 10. The van der Waals surface area contributed by atoms with Crippen molar-refractivity contribution < 1.29 is 9.13 Å². The van der Waals surface area contributed by atoms with Crippen molar-refractivity contribution >= 4 is 11.6 Å². The predicted molar refractivity (Wildman–Crippen MR) is 121 cm³/mol. The van der Waals surface area contributed by atoms with Crippen molar-refractivity contribution in [2.45, 2.75) is 96.8 Å². The Bertz CT molecular complexity index is 588. The van der Waals surface area contributed by atoms with Crippen LogP contribution in [0.1, 0.15) is 96.8 Å². The van der Waals surface area contributed by atoms with Crippen molar-refractivity contribution in [2.24, 2.45) is 23.7 Å². The van der Waals surface area contributed by atoms with Gasteiger partial charge in [0.1, 0.15) is 11.6 Å². The highest BCUT2D eigenvalue weighted by atomic mass is 35.5. The molecule has 2 aliphatic carbocycles. The van der Waals surface area contributed by atoms with Gasteiger partial charge in [-0.05, 0) is 74.3 Å². The Morgan fingerprint density at radius 3 is 2.00 bits per heavy atom. The molecule has 2 fully saturated rings. The Hall–Kier alpha value is -0.760. The summed E-state index contributed by atoms with van der Waals surface area (Å²) in [7, 11) is 0. The Balaban J connectivity index is 1.26. The van der Waals surface area contributed by atoms with E-state index in [2.05, 4.69) is 6.92 Å². The monoisotopic (exact) mass is 422 g/mol. The summed E-state index contributed by atoms with van der Waals surface area (Å²) in [5.41, 5.74) is 0. The van der Waals surface area contributed by atoms with Crippen LogP contribution in [0.2, 0.25) is 5.02 Å². The average Bonchev–Trinajstić information content (AvgIpc) is 2.75. The van der Waals surface area contributed by atoms with E-state index in [1.165, 1.54) is 89.5 Å². The second kappa shape index (κ2) is 12.2. The van der Waals surface area contributed by atoms with Crippen LogP contribution in [-0.2, 0) is 0 Å². The average molecular weight is 423 g/mol. The van der Waals surface area contributed by atoms with Gasteiger partial charge in [0.2, 0.25) is 0 Å². The SMILES string of the molecule is CCCCCC1CCC(C2CCC(CCCOc3ccc(Cl)c(F)c3)CC2)CC1. The number of unbranched alkanes of at least 4 members (excludes halogenated alkanes) is 2. The molecule has 0 spiro atoms. The summed E-state index contributed by atoms with van der Waals surface area (Å²) in [6.45, 7) is 2.98. The van der Waals surface area contributed by atoms with E-state index in [0.717, 1.165) is 30.1 Å². The van der Waals surface area contributed by atoms with Crippen LogP contribution in [0.4, 0.5) is 4.39 Å². The molecule has 3 rings (SSSR count). The minimum Gasteiger partial charge on any atom is -0.493 e. The molecule has 0 unspecified atom stereocenters. The summed E-state index contributed by atoms with van der Waals surface area (Å²) in [5.74, 6) is 4.08. The Kier molecular flexibility index (Phi) is 9.62. The summed E-state index contributed by atoms with van der Waals surface area (Å²) in [6, 6.07) is 4.69. The number of halogens is 2. The molecular formula is C26H40ClFO. The van der Waals surface area contributed by atoms with E-state index in [1.54, 1.807) is 12.1 Å². The third-order valence-corrected chi connectivity index (χ3v) is 7.89. The van der Waals surface area contributed by atoms with Crippen LogP contribution in [0.25, 0.3) is 0 Å². The van der Waals surface area contributed by atoms with Crippen LogP contribution in [0.3, 0.4) is 0 Å². The van der Waals surface area contributed by atoms with Crippen molar-refractivity contribution in [3.05, 3.63) is 29.0 Å². The lowest BCUT2D eigenvalue weighted by atomic mass is 9.68. The van der Waals surface area contributed by atoms with E-state index in [4.69, 9.17) is 16.3 Å². The highest BCUT2D eigenvalue weighted by Gasteiger charge is 2.30. The molecule has 2 saturated carbocycles. The van der Waals surface area contributed by atoms with Gasteiger partial charge in [-0.15, -0.1) is 0 Å². The first-order valence-corrected chi connectivity index (χ1v) is 12.6. The maximum absolute atomic E-state index is 13.4. The fourth-order valence-corrected chi connectivity index (χ4v) is 5.83. The predicted octanol–water partition coefficient (Wildman–Crippen LogP) is 8.83. The first-order chi connectivity index (χ1) is 14.2. The van der Waals surface area contributed by atoms with Crippen molar-refractivity contribution in [3.63, 3.8) is 0 Å². The smallest absolute Gasteiger partial charge is 0.145 e. The van der Waals surface area contributed by atoms with Gasteiger partial charge in [0.25, 0.3) is 0 Å². The Labute approximate surface area is 182 Å². The molecule has 1 aromatic carbocycles. The number of benzene rings is 1. The maximum Gasteiger partial charge on any atom is 0.145 e. The fourth-order valence-electron chi connectivity index (χ4n) is 5.71. The van der Waals surface area contributed by atoms with E-state index < -0.39 is 5.82 Å². The molecule has 0 atom stereocenters. The van der Waals surface area contributed by atoms with Gasteiger partial charge in [0.15, 0.2) is 0 Å². The van der Waals surface area contributed by atoms with Gasteiger partial charge in [-0.3, -0.25) is 0 Å². The van der Waals surface area contributed by atoms with Crippen molar-refractivity contribution in [3.8, 4) is 5.75 Å². The van der Waals surface area contributed by atoms with Crippen molar-refractivity contribution in [1.82, 2.24) is 0 Å². The molecule has 0 aliphatic heterocycles. The lowest BCUT2D eigenvalue weighted by Crippen LogP contribution is -2.26. The van der Waals surface area contributed by atoms with Gasteiger partial charge >= 0.3 is 0 Å². The van der Waals surface area contributed by atoms with Crippen molar-refractivity contribution in [1.29, 1.82) is 0 Å². The molecule has 1 nitrogen and oxygen atoms in total. The van der Waals surface area contributed by atoms with Crippen LogP contribution in [0.15, 0.2) is 18.2 Å². The summed E-state index contributed by atoms with van der Waals surface area (Å²) >= 11 is 5.71. The van der Waals surface area contributed by atoms with Crippen LogP contribution in [0, 0.1) is 29.5 Å². The number of hydrogen-bond acceptors (Lipinski definition) is 1. The molecule has 1 aromatic rings. The first kappa shape index (κ1) is 22.9. The zero-order chi connectivity index (χ0) is 20.5. The summed E-state index contributed by atoms with van der Waals surface area (Å²) in [5, 5.41) is 0.152. The topological polar surface area (TPSA) is 9.23 Å². The van der Waals surface area contributed by atoms with E-state index in [-0.39, 0.29) is 5.02 Å². The second-order valence-electron chi connectivity index (χ2n) is 9.62. The van der Waals surface area contributed by atoms with Gasteiger partial charge in [0, 0.05) is 6.07 Å². The largest absolute Gasteiger partial charge is 0.493 e. The van der Waals surface area contributed by atoms with Gasteiger partial charge < -0.3 is 4.74 Å². The maximum atomic E-state index is 13.4. The molecule has 164 valence electrons. The fraction of sp³-hybridized carbons (Fsp3) is 0.769. The summed E-state index contributed by atoms with van der Waals surface area (Å²) in [6.07, 6.45) is 19.7. The van der Waals surface area contributed by atoms with Crippen LogP contribution >= 0.6 is 11.6 Å². The van der Waals surface area contributed by atoms with Gasteiger partial charge in [-0.1, -0.05) is 69.9 Å². The van der Waals surface area contributed by atoms with Gasteiger partial charge in [0.05, 0.1) is 11.6 Å². The van der Waals surface area contributed by atoms with Crippen LogP contribution in [-0.4, -0.2) is 6.61 Å². The highest BCUT2D eigenvalue weighted by Crippen LogP contribution is 2.43. The molecule has 2 aliphatic rings. The molecule has 0 heterocycles. The molecule has 29 heavy (non-hydrogen) atoms. The zero-order valence-corrected chi connectivity index (χ0v) is 19.1. The Morgan fingerprint density at radius 2 is 1.45 bits per heavy atom. The highest BCUT2D eigenvalue weighted by molar-refractivity contribution is 6.30. The van der Waals surface area contributed by atoms with Crippen LogP contribution < -0.4 is 4.74 Å². The van der Waals surface area contributed by atoms with E-state index in [0.29, 0.717) is 12.4 Å². The first-order valence-electron chi connectivity index (χ1n) is 12.2. The molecule has 0 amide bonds. The van der Waals surface area contributed by atoms with Crippen molar-refractivity contribution in [2.75, 3.05) is 6.61 Å². The molecule has 0 bridgehead atoms. The van der Waals surface area contributed by atoms with E-state index in [9.17, 15) is 4.39 Å².